The molecule has 0 aliphatic carbocycles. The van der Waals surface area contributed by atoms with E-state index >= 15 is 0 Å². The van der Waals surface area contributed by atoms with Crippen LogP contribution in [0.15, 0.2) is 36.8 Å². The first-order chi connectivity index (χ1) is 16.7. The van der Waals surface area contributed by atoms with Crippen molar-refractivity contribution >= 4 is 23.8 Å². The zero-order valence-corrected chi connectivity index (χ0v) is 22.2. The number of nitrogens with zero attached hydrogens (tertiary/aromatic N) is 4. The van der Waals surface area contributed by atoms with E-state index in [4.69, 9.17) is 9.47 Å². The Balaban J connectivity index is 1.77. The lowest BCUT2D eigenvalue weighted by atomic mass is 10.1. The molecule has 10 nitrogen and oxygen atoms in total. The summed E-state index contributed by atoms with van der Waals surface area (Å²) in [4.78, 5) is 46.1. The molecule has 0 saturated carbocycles. The molecule has 0 spiro atoms. The highest BCUT2D eigenvalue weighted by atomic mass is 16.6. The highest BCUT2D eigenvalue weighted by Crippen LogP contribution is 2.20. The van der Waals surface area contributed by atoms with Crippen molar-refractivity contribution in [2.75, 3.05) is 25.0 Å². The van der Waals surface area contributed by atoms with Crippen LogP contribution >= 0.6 is 0 Å². The van der Waals surface area contributed by atoms with Crippen LogP contribution in [0, 0.1) is 6.92 Å². The summed E-state index contributed by atoms with van der Waals surface area (Å²) in [7, 11) is 0. The third-order valence-corrected chi connectivity index (χ3v) is 5.28. The molecule has 1 fully saturated rings. The SMILES string of the molecule is Cc1cn(Cc2cccc(NC(=O)[C@H]3CN(C(=O)OC(C)(C)C)CCN3C(=O)OC(C)(C)C)c2)cn1. The van der Waals surface area contributed by atoms with E-state index in [2.05, 4.69) is 10.3 Å². The van der Waals surface area contributed by atoms with Gasteiger partial charge in [-0.2, -0.15) is 0 Å². The summed E-state index contributed by atoms with van der Waals surface area (Å²) >= 11 is 0. The highest BCUT2D eigenvalue weighted by Gasteiger charge is 2.40. The van der Waals surface area contributed by atoms with E-state index in [1.807, 2.05) is 35.9 Å². The first kappa shape index (κ1) is 27.0. The lowest BCUT2D eigenvalue weighted by molar-refractivity contribution is -0.123. The van der Waals surface area contributed by atoms with Crippen LogP contribution in [0.3, 0.4) is 0 Å². The van der Waals surface area contributed by atoms with Gasteiger partial charge >= 0.3 is 12.2 Å². The third kappa shape index (κ3) is 7.73. The van der Waals surface area contributed by atoms with E-state index in [9.17, 15) is 14.4 Å². The number of nitrogens with one attached hydrogen (secondary N) is 1. The molecule has 0 unspecified atom stereocenters. The number of hydrogen-bond acceptors (Lipinski definition) is 6. The smallest absolute Gasteiger partial charge is 0.411 e. The van der Waals surface area contributed by atoms with Crippen molar-refractivity contribution in [3.8, 4) is 0 Å². The van der Waals surface area contributed by atoms with Crippen molar-refractivity contribution in [1.29, 1.82) is 0 Å². The van der Waals surface area contributed by atoms with Crippen LogP contribution in [0.4, 0.5) is 15.3 Å². The number of ether oxygens (including phenoxy) is 2. The lowest BCUT2D eigenvalue weighted by Crippen LogP contribution is -2.61. The van der Waals surface area contributed by atoms with Crippen molar-refractivity contribution in [3.63, 3.8) is 0 Å². The molecule has 1 aliphatic heterocycles. The number of aryl methyl sites for hydroxylation is 1. The summed E-state index contributed by atoms with van der Waals surface area (Å²) in [5.74, 6) is -0.412. The molecule has 36 heavy (non-hydrogen) atoms. The van der Waals surface area contributed by atoms with Gasteiger partial charge in [0, 0.05) is 31.5 Å². The zero-order valence-electron chi connectivity index (χ0n) is 22.2. The Bertz CT molecular complexity index is 1100. The number of amides is 3. The molecule has 1 aliphatic rings. The molecule has 1 aromatic heterocycles. The van der Waals surface area contributed by atoms with E-state index in [0.717, 1.165) is 11.3 Å². The summed E-state index contributed by atoms with van der Waals surface area (Å²) in [5, 5.41) is 2.91. The van der Waals surface area contributed by atoms with E-state index in [1.54, 1.807) is 53.9 Å². The number of rotatable bonds is 4. The molecular weight excluding hydrogens is 462 g/mol. The van der Waals surface area contributed by atoms with Crippen LogP contribution in [0.25, 0.3) is 0 Å². The van der Waals surface area contributed by atoms with Gasteiger partial charge in [-0.1, -0.05) is 12.1 Å². The number of benzene rings is 1. The van der Waals surface area contributed by atoms with Crippen LogP contribution < -0.4 is 5.32 Å². The number of anilines is 1. The second-order valence-electron chi connectivity index (χ2n) is 11.0. The minimum absolute atomic E-state index is 0.00596. The van der Waals surface area contributed by atoms with Crippen molar-refractivity contribution in [1.82, 2.24) is 19.4 Å². The lowest BCUT2D eigenvalue weighted by Gasteiger charge is -2.41. The molecule has 3 amide bonds. The van der Waals surface area contributed by atoms with Crippen LogP contribution in [-0.2, 0) is 20.8 Å². The second kappa shape index (κ2) is 10.6. The Hall–Kier alpha value is -3.56. The Morgan fingerprint density at radius 1 is 1.03 bits per heavy atom. The van der Waals surface area contributed by atoms with Crippen LogP contribution in [0.2, 0.25) is 0 Å². The first-order valence-electron chi connectivity index (χ1n) is 12.1. The summed E-state index contributed by atoms with van der Waals surface area (Å²) in [6.07, 6.45) is 2.57. The maximum Gasteiger partial charge on any atom is 0.411 e. The minimum Gasteiger partial charge on any atom is -0.444 e. The number of aromatic nitrogens is 2. The summed E-state index contributed by atoms with van der Waals surface area (Å²) < 4.78 is 13.0. The second-order valence-corrected chi connectivity index (χ2v) is 11.0. The number of hydrogen-bond donors (Lipinski definition) is 1. The van der Waals surface area contributed by atoms with Crippen molar-refractivity contribution in [2.24, 2.45) is 0 Å². The van der Waals surface area contributed by atoms with Gasteiger partial charge < -0.3 is 24.3 Å². The molecule has 1 saturated heterocycles. The third-order valence-electron chi connectivity index (χ3n) is 5.28. The summed E-state index contributed by atoms with van der Waals surface area (Å²) in [6.45, 7) is 13.5. The van der Waals surface area contributed by atoms with E-state index < -0.39 is 35.3 Å². The fourth-order valence-corrected chi connectivity index (χ4v) is 3.78. The molecule has 2 aromatic rings. The van der Waals surface area contributed by atoms with Crippen LogP contribution in [0.5, 0.6) is 0 Å². The monoisotopic (exact) mass is 499 g/mol. The molecule has 0 radical (unpaired) electrons. The molecule has 0 bridgehead atoms. The van der Waals surface area contributed by atoms with Gasteiger partial charge in [0.05, 0.1) is 18.6 Å². The van der Waals surface area contributed by atoms with Crippen molar-refractivity contribution < 1.29 is 23.9 Å². The van der Waals surface area contributed by atoms with Gasteiger partial charge in [-0.25, -0.2) is 14.6 Å². The zero-order chi connectivity index (χ0) is 26.7. The van der Waals surface area contributed by atoms with E-state index in [1.165, 1.54) is 9.80 Å². The number of carbonyl (C=O) groups excluding carboxylic acids is 3. The Kier molecular flexibility index (Phi) is 7.96. The molecule has 3 rings (SSSR count). The summed E-state index contributed by atoms with van der Waals surface area (Å²) in [6, 6.07) is 6.53. The standard InChI is InChI=1S/C26H37N5O5/c1-18-14-29(17-27-18)15-19-9-8-10-20(13-19)28-22(32)21-16-30(23(33)35-25(2,3)4)11-12-31(21)24(34)36-26(5,6)7/h8-10,13-14,17,21H,11-12,15-16H2,1-7H3,(H,28,32)/t21-/m1/s1. The normalized spacial score (nSPS) is 16.5. The fourth-order valence-electron chi connectivity index (χ4n) is 3.78. The van der Waals surface area contributed by atoms with Gasteiger partial charge in [0.15, 0.2) is 0 Å². The van der Waals surface area contributed by atoms with Gasteiger partial charge in [-0.15, -0.1) is 0 Å². The minimum atomic E-state index is -0.943. The maximum atomic E-state index is 13.4. The number of imidazole rings is 1. The van der Waals surface area contributed by atoms with E-state index in [-0.39, 0.29) is 19.6 Å². The number of carbonyl (C=O) groups is 3. The van der Waals surface area contributed by atoms with Gasteiger partial charge in [0.25, 0.3) is 0 Å². The molecule has 1 atom stereocenters. The predicted molar refractivity (Wildman–Crippen MR) is 136 cm³/mol. The van der Waals surface area contributed by atoms with E-state index in [0.29, 0.717) is 12.2 Å². The first-order valence-corrected chi connectivity index (χ1v) is 12.1. The summed E-state index contributed by atoms with van der Waals surface area (Å²) in [5.41, 5.74) is 1.10. The van der Waals surface area contributed by atoms with Crippen molar-refractivity contribution in [3.05, 3.63) is 48.0 Å². The largest absolute Gasteiger partial charge is 0.444 e. The average molecular weight is 500 g/mol. The molecule has 2 heterocycles. The van der Waals surface area contributed by atoms with Gasteiger partial charge in [0.1, 0.15) is 17.2 Å². The Morgan fingerprint density at radius 3 is 2.31 bits per heavy atom. The molecular formula is C26H37N5O5. The Morgan fingerprint density at radius 2 is 1.69 bits per heavy atom. The molecule has 1 aromatic carbocycles. The number of piperazine rings is 1. The van der Waals surface area contributed by atoms with Crippen LogP contribution in [0.1, 0.15) is 52.8 Å². The molecule has 1 N–H and O–H groups in total. The van der Waals surface area contributed by atoms with Gasteiger partial charge in [-0.05, 0) is 66.2 Å². The maximum absolute atomic E-state index is 13.4. The van der Waals surface area contributed by atoms with Gasteiger partial charge in [0.2, 0.25) is 5.91 Å². The predicted octanol–water partition coefficient (Wildman–Crippen LogP) is 4.03. The highest BCUT2D eigenvalue weighted by molar-refractivity contribution is 5.97. The van der Waals surface area contributed by atoms with Gasteiger partial charge in [-0.3, -0.25) is 9.69 Å². The quantitative estimate of drug-likeness (QED) is 0.681. The fraction of sp³-hybridized carbons (Fsp3) is 0.538. The average Bonchev–Trinajstić information content (AvgIpc) is 3.15. The van der Waals surface area contributed by atoms with Crippen molar-refractivity contribution in [2.45, 2.75) is 72.3 Å². The Labute approximate surface area is 212 Å². The molecule has 10 heteroatoms. The van der Waals surface area contributed by atoms with Crippen LogP contribution in [-0.4, -0.2) is 74.3 Å². The topological polar surface area (TPSA) is 106 Å². The molecule has 196 valence electrons.